The maximum absolute atomic E-state index is 6.07. The van der Waals surface area contributed by atoms with E-state index in [2.05, 4.69) is 45.0 Å². The van der Waals surface area contributed by atoms with Gasteiger partial charge in [0, 0.05) is 47.4 Å². The predicted molar refractivity (Wildman–Crippen MR) is 140 cm³/mol. The number of rotatable bonds is 5. The molecule has 2 aromatic carbocycles. The zero-order valence-electron chi connectivity index (χ0n) is 19.7. The molecule has 0 saturated carbocycles. The molecular formula is C26H28ClN7O. The van der Waals surface area contributed by atoms with Crippen molar-refractivity contribution in [1.82, 2.24) is 24.6 Å². The molecule has 4 heterocycles. The van der Waals surface area contributed by atoms with Gasteiger partial charge in [0.15, 0.2) is 0 Å². The lowest BCUT2D eigenvalue weighted by atomic mass is 10.1. The molecule has 2 aromatic heterocycles. The van der Waals surface area contributed by atoms with E-state index in [1.807, 2.05) is 36.5 Å². The number of nitrogens with one attached hydrogen (secondary N) is 1. The van der Waals surface area contributed by atoms with Gasteiger partial charge in [-0.2, -0.15) is 10.1 Å². The number of ether oxygens (including phenoxy) is 1. The summed E-state index contributed by atoms with van der Waals surface area (Å²) in [7, 11) is 2.17. The third-order valence-corrected chi connectivity index (χ3v) is 6.98. The molecule has 9 heteroatoms. The van der Waals surface area contributed by atoms with Crippen LogP contribution >= 0.6 is 11.6 Å². The van der Waals surface area contributed by atoms with Crippen molar-refractivity contribution in [3.8, 4) is 11.3 Å². The average Bonchev–Trinajstić information content (AvgIpc) is 3.51. The molecule has 4 aromatic rings. The van der Waals surface area contributed by atoms with Crippen LogP contribution in [0.1, 0.15) is 12.5 Å². The average molecular weight is 490 g/mol. The van der Waals surface area contributed by atoms with E-state index in [9.17, 15) is 0 Å². The van der Waals surface area contributed by atoms with Crippen molar-refractivity contribution in [1.29, 1.82) is 0 Å². The number of likely N-dealkylation sites (N-methyl/N-ethyl adjacent to an activating group) is 1. The fraction of sp³-hybridized carbons (Fsp3) is 0.346. The summed E-state index contributed by atoms with van der Waals surface area (Å²) < 4.78 is 7.72. The minimum absolute atomic E-state index is 0.393. The van der Waals surface area contributed by atoms with Crippen LogP contribution in [0.4, 0.5) is 17.5 Å². The van der Waals surface area contributed by atoms with Gasteiger partial charge in [0.2, 0.25) is 5.95 Å². The number of aromatic nitrogens is 4. The van der Waals surface area contributed by atoms with Crippen LogP contribution in [0.3, 0.4) is 0 Å². The van der Waals surface area contributed by atoms with Crippen LogP contribution in [0.5, 0.6) is 0 Å². The Morgan fingerprint density at radius 1 is 1.00 bits per heavy atom. The molecule has 6 rings (SSSR count). The van der Waals surface area contributed by atoms with Gasteiger partial charge >= 0.3 is 0 Å². The molecule has 0 amide bonds. The molecule has 2 aliphatic rings. The van der Waals surface area contributed by atoms with E-state index < -0.39 is 0 Å². The molecule has 2 aliphatic heterocycles. The van der Waals surface area contributed by atoms with Crippen LogP contribution in [0.15, 0.2) is 54.7 Å². The van der Waals surface area contributed by atoms with Crippen molar-refractivity contribution in [2.24, 2.45) is 0 Å². The Morgan fingerprint density at radius 3 is 2.60 bits per heavy atom. The van der Waals surface area contributed by atoms with Crippen LogP contribution in [0, 0.1) is 0 Å². The predicted octanol–water partition coefficient (Wildman–Crippen LogP) is 4.60. The molecule has 0 spiro atoms. The van der Waals surface area contributed by atoms with E-state index in [0.717, 1.165) is 66.3 Å². The summed E-state index contributed by atoms with van der Waals surface area (Å²) in [4.78, 5) is 14.3. The van der Waals surface area contributed by atoms with Crippen molar-refractivity contribution in [3.63, 3.8) is 0 Å². The lowest BCUT2D eigenvalue weighted by Crippen LogP contribution is -2.37. The quantitative estimate of drug-likeness (QED) is 0.439. The highest BCUT2D eigenvalue weighted by atomic mass is 35.5. The van der Waals surface area contributed by atoms with E-state index >= 15 is 0 Å². The molecule has 35 heavy (non-hydrogen) atoms. The molecule has 0 aliphatic carbocycles. The minimum Gasteiger partial charge on any atom is -0.378 e. The van der Waals surface area contributed by atoms with Gasteiger partial charge < -0.3 is 19.9 Å². The molecule has 1 N–H and O–H groups in total. The summed E-state index contributed by atoms with van der Waals surface area (Å²) in [6.07, 6.45) is 3.07. The third-order valence-electron chi connectivity index (χ3n) is 6.73. The molecular weight excluding hydrogens is 462 g/mol. The number of benzene rings is 2. The maximum atomic E-state index is 6.07. The first-order chi connectivity index (χ1) is 17.1. The van der Waals surface area contributed by atoms with Gasteiger partial charge in [-0.25, -0.2) is 4.98 Å². The highest BCUT2D eigenvalue weighted by molar-refractivity contribution is 6.30. The van der Waals surface area contributed by atoms with Crippen molar-refractivity contribution in [2.45, 2.75) is 12.5 Å². The zero-order chi connectivity index (χ0) is 23.8. The van der Waals surface area contributed by atoms with E-state index in [1.165, 1.54) is 0 Å². The van der Waals surface area contributed by atoms with E-state index in [1.54, 1.807) is 0 Å². The SMILES string of the molecule is CN1CCC(n2ncc3ccc(-c4cc(Nc5ccc(Cl)cc5)nc(N5CCOCC5)n4)cc32)C1. The molecule has 2 saturated heterocycles. The number of hydrogen-bond donors (Lipinski definition) is 1. The van der Waals surface area contributed by atoms with E-state index in [4.69, 9.17) is 31.4 Å². The van der Waals surface area contributed by atoms with Crippen molar-refractivity contribution in [3.05, 3.63) is 59.8 Å². The van der Waals surface area contributed by atoms with Gasteiger partial charge in [0.25, 0.3) is 0 Å². The normalized spacial score (nSPS) is 18.9. The summed E-state index contributed by atoms with van der Waals surface area (Å²) in [5.74, 6) is 1.44. The molecule has 1 unspecified atom stereocenters. The summed E-state index contributed by atoms with van der Waals surface area (Å²) in [6.45, 7) is 5.00. The summed E-state index contributed by atoms with van der Waals surface area (Å²) >= 11 is 6.07. The fourth-order valence-corrected chi connectivity index (χ4v) is 4.96. The minimum atomic E-state index is 0.393. The van der Waals surface area contributed by atoms with Crippen molar-refractivity contribution < 1.29 is 4.74 Å². The summed E-state index contributed by atoms with van der Waals surface area (Å²) in [5, 5.41) is 10.00. The number of hydrogen-bond acceptors (Lipinski definition) is 7. The van der Waals surface area contributed by atoms with Crippen molar-refractivity contribution >= 4 is 40.0 Å². The highest BCUT2D eigenvalue weighted by Crippen LogP contribution is 2.30. The van der Waals surface area contributed by atoms with Crippen molar-refractivity contribution in [2.75, 3.05) is 56.7 Å². The second-order valence-corrected chi connectivity index (χ2v) is 9.67. The van der Waals surface area contributed by atoms with Crippen LogP contribution in [0.2, 0.25) is 5.02 Å². The number of anilines is 3. The Morgan fingerprint density at radius 2 is 1.83 bits per heavy atom. The Balaban J connectivity index is 1.40. The van der Waals surface area contributed by atoms with Gasteiger partial charge in [0.1, 0.15) is 5.82 Å². The lowest BCUT2D eigenvalue weighted by molar-refractivity contribution is 0.122. The number of fused-ring (bicyclic) bond motifs is 1. The first-order valence-corrected chi connectivity index (χ1v) is 12.4. The molecule has 2 fully saturated rings. The lowest BCUT2D eigenvalue weighted by Gasteiger charge is -2.27. The molecule has 180 valence electrons. The Bertz CT molecular complexity index is 1330. The van der Waals surface area contributed by atoms with E-state index in [0.29, 0.717) is 30.2 Å². The van der Waals surface area contributed by atoms with Gasteiger partial charge in [-0.3, -0.25) is 4.68 Å². The van der Waals surface area contributed by atoms with Gasteiger partial charge in [0.05, 0.1) is 36.7 Å². The maximum Gasteiger partial charge on any atom is 0.228 e. The standard InChI is InChI=1S/C26H28ClN7O/c1-32-9-8-22(17-32)34-24-14-18(2-3-19(24)16-28-34)23-15-25(29-21-6-4-20(27)5-7-21)31-26(30-23)33-10-12-35-13-11-33/h2-7,14-16,22H,8-13,17H2,1H3,(H,29,30,31). The fourth-order valence-electron chi connectivity index (χ4n) is 4.83. The molecule has 0 bridgehead atoms. The Labute approximate surface area is 209 Å². The smallest absolute Gasteiger partial charge is 0.228 e. The number of likely N-dealkylation sites (tertiary alicyclic amines) is 1. The van der Waals surface area contributed by atoms with Crippen LogP contribution in [0.25, 0.3) is 22.2 Å². The Hall–Kier alpha value is -3.20. The zero-order valence-corrected chi connectivity index (χ0v) is 20.4. The Kier molecular flexibility index (Phi) is 6.01. The second-order valence-electron chi connectivity index (χ2n) is 9.24. The van der Waals surface area contributed by atoms with E-state index in [-0.39, 0.29) is 0 Å². The second kappa shape index (κ2) is 9.45. The first-order valence-electron chi connectivity index (χ1n) is 12.0. The van der Waals surface area contributed by atoms with Gasteiger partial charge in [-0.1, -0.05) is 23.7 Å². The molecule has 1 atom stereocenters. The third kappa shape index (κ3) is 4.69. The topological polar surface area (TPSA) is 71.3 Å². The number of halogens is 1. The number of morpholine rings is 1. The molecule has 0 radical (unpaired) electrons. The number of nitrogens with zero attached hydrogens (tertiary/aromatic N) is 6. The van der Waals surface area contributed by atoms with Gasteiger partial charge in [-0.15, -0.1) is 0 Å². The first kappa shape index (κ1) is 22.3. The van der Waals surface area contributed by atoms with Crippen LogP contribution < -0.4 is 10.2 Å². The van der Waals surface area contributed by atoms with Crippen LogP contribution in [-0.2, 0) is 4.74 Å². The van der Waals surface area contributed by atoms with Gasteiger partial charge in [-0.05, 0) is 50.3 Å². The largest absolute Gasteiger partial charge is 0.378 e. The molecule has 8 nitrogen and oxygen atoms in total. The highest BCUT2D eigenvalue weighted by Gasteiger charge is 2.23. The van der Waals surface area contributed by atoms with Crippen LogP contribution in [-0.4, -0.2) is 71.1 Å². The summed E-state index contributed by atoms with van der Waals surface area (Å²) in [5.41, 5.74) is 3.98. The summed E-state index contributed by atoms with van der Waals surface area (Å²) in [6, 6.07) is 16.5. The monoisotopic (exact) mass is 489 g/mol.